The first kappa shape index (κ1) is 17.8. The number of hydrogen-bond acceptors (Lipinski definition) is 6. The van der Waals surface area contributed by atoms with Crippen molar-refractivity contribution in [2.45, 2.75) is 19.9 Å². The number of thiophene rings is 1. The summed E-state index contributed by atoms with van der Waals surface area (Å²) in [5.74, 6) is 0.298. The SMILES string of the molecule is CCc1cc2c(=O)n(CC(=O)NN=Cc3cccc(OC)c3)cnc2s1. The van der Waals surface area contributed by atoms with Gasteiger partial charge in [-0.2, -0.15) is 5.10 Å². The highest BCUT2D eigenvalue weighted by molar-refractivity contribution is 7.18. The van der Waals surface area contributed by atoms with Crippen LogP contribution in [0.2, 0.25) is 0 Å². The lowest BCUT2D eigenvalue weighted by Crippen LogP contribution is -2.29. The predicted octanol–water partition coefficient (Wildman–Crippen LogP) is 2.18. The first-order chi connectivity index (χ1) is 12.6. The fraction of sp³-hybridized carbons (Fsp3) is 0.222. The van der Waals surface area contributed by atoms with Crippen LogP contribution < -0.4 is 15.7 Å². The lowest BCUT2D eigenvalue weighted by Gasteiger charge is -2.04. The van der Waals surface area contributed by atoms with Crippen LogP contribution in [-0.2, 0) is 17.8 Å². The summed E-state index contributed by atoms with van der Waals surface area (Å²) >= 11 is 1.49. The van der Waals surface area contributed by atoms with Gasteiger partial charge in [0.05, 0.1) is 25.0 Å². The third kappa shape index (κ3) is 3.97. The molecular formula is C18H18N4O3S. The molecule has 0 fully saturated rings. The third-order valence-electron chi connectivity index (χ3n) is 3.73. The Labute approximate surface area is 154 Å². The average molecular weight is 370 g/mol. The molecule has 0 saturated heterocycles. The van der Waals surface area contributed by atoms with Gasteiger partial charge in [0, 0.05) is 4.88 Å². The molecule has 1 aromatic carbocycles. The highest BCUT2D eigenvalue weighted by atomic mass is 32.1. The molecule has 0 aliphatic rings. The second-order valence-corrected chi connectivity index (χ2v) is 6.65. The Morgan fingerprint density at radius 3 is 3.04 bits per heavy atom. The van der Waals surface area contributed by atoms with Gasteiger partial charge >= 0.3 is 0 Å². The van der Waals surface area contributed by atoms with Gasteiger partial charge < -0.3 is 4.74 Å². The molecular weight excluding hydrogens is 352 g/mol. The number of amides is 1. The van der Waals surface area contributed by atoms with Crippen LogP contribution in [0, 0.1) is 0 Å². The molecule has 2 heterocycles. The zero-order valence-corrected chi connectivity index (χ0v) is 15.2. The van der Waals surface area contributed by atoms with E-state index in [-0.39, 0.29) is 12.1 Å². The van der Waals surface area contributed by atoms with Gasteiger partial charge in [0.2, 0.25) is 0 Å². The molecule has 0 atom stereocenters. The third-order valence-corrected chi connectivity index (χ3v) is 4.92. The standard InChI is InChI=1S/C18H18N4O3S/c1-3-14-8-15-17(26-14)19-11-22(18(15)24)10-16(23)21-20-9-12-5-4-6-13(7-12)25-2/h4-9,11H,3,10H2,1-2H3,(H,21,23). The zero-order chi connectivity index (χ0) is 18.5. The molecule has 0 spiro atoms. The van der Waals surface area contributed by atoms with Crippen LogP contribution in [0.25, 0.3) is 10.2 Å². The summed E-state index contributed by atoms with van der Waals surface area (Å²) < 4.78 is 6.41. The number of benzene rings is 1. The molecule has 7 nitrogen and oxygen atoms in total. The number of carbonyl (C=O) groups is 1. The second-order valence-electron chi connectivity index (χ2n) is 5.53. The van der Waals surface area contributed by atoms with Crippen LogP contribution in [-0.4, -0.2) is 28.8 Å². The number of ether oxygens (including phenoxy) is 1. The number of hydrazone groups is 1. The number of methoxy groups -OCH3 is 1. The Bertz CT molecular complexity index is 1020. The van der Waals surface area contributed by atoms with Gasteiger partial charge in [-0.15, -0.1) is 11.3 Å². The summed E-state index contributed by atoms with van der Waals surface area (Å²) in [5.41, 5.74) is 2.98. The molecule has 0 aliphatic carbocycles. The van der Waals surface area contributed by atoms with Gasteiger partial charge in [0.15, 0.2) is 0 Å². The molecule has 0 bridgehead atoms. The zero-order valence-electron chi connectivity index (χ0n) is 14.4. The number of nitrogens with one attached hydrogen (secondary N) is 1. The Morgan fingerprint density at radius 2 is 2.27 bits per heavy atom. The molecule has 1 amide bonds. The molecule has 2 aromatic heterocycles. The van der Waals surface area contributed by atoms with Gasteiger partial charge in [-0.1, -0.05) is 19.1 Å². The Morgan fingerprint density at radius 1 is 1.42 bits per heavy atom. The van der Waals surface area contributed by atoms with E-state index in [1.165, 1.54) is 28.4 Å². The van der Waals surface area contributed by atoms with Gasteiger partial charge in [-0.25, -0.2) is 10.4 Å². The van der Waals surface area contributed by atoms with Crippen molar-refractivity contribution >= 4 is 33.7 Å². The monoisotopic (exact) mass is 370 g/mol. The molecule has 0 unspecified atom stereocenters. The minimum atomic E-state index is -0.404. The minimum absolute atomic E-state index is 0.144. The fourth-order valence-electron chi connectivity index (χ4n) is 2.39. The van der Waals surface area contributed by atoms with E-state index in [0.29, 0.717) is 16.0 Å². The van der Waals surface area contributed by atoms with Gasteiger partial charge in [-0.3, -0.25) is 14.2 Å². The number of aryl methyl sites for hydroxylation is 1. The number of nitrogens with zero attached hydrogens (tertiary/aromatic N) is 3. The smallest absolute Gasteiger partial charge is 0.262 e. The number of hydrogen-bond donors (Lipinski definition) is 1. The molecule has 3 rings (SSSR count). The lowest BCUT2D eigenvalue weighted by molar-refractivity contribution is -0.121. The maximum Gasteiger partial charge on any atom is 0.262 e. The van der Waals surface area contributed by atoms with Crippen molar-refractivity contribution in [1.29, 1.82) is 0 Å². The molecule has 0 aliphatic heterocycles. The van der Waals surface area contributed by atoms with Crippen LogP contribution in [0.1, 0.15) is 17.4 Å². The second kappa shape index (κ2) is 7.92. The van der Waals surface area contributed by atoms with Crippen molar-refractivity contribution in [3.8, 4) is 5.75 Å². The maximum absolute atomic E-state index is 12.5. The minimum Gasteiger partial charge on any atom is -0.497 e. The summed E-state index contributed by atoms with van der Waals surface area (Å²) in [6.07, 6.45) is 3.75. The van der Waals surface area contributed by atoms with E-state index in [9.17, 15) is 9.59 Å². The van der Waals surface area contributed by atoms with Crippen molar-refractivity contribution < 1.29 is 9.53 Å². The molecule has 8 heteroatoms. The predicted molar refractivity (Wildman–Crippen MR) is 102 cm³/mol. The summed E-state index contributed by atoms with van der Waals surface area (Å²) in [6.45, 7) is 1.88. The molecule has 26 heavy (non-hydrogen) atoms. The highest BCUT2D eigenvalue weighted by Gasteiger charge is 2.10. The Kier molecular flexibility index (Phi) is 5.43. The van der Waals surface area contributed by atoms with E-state index in [0.717, 1.165) is 16.9 Å². The molecule has 0 saturated carbocycles. The van der Waals surface area contributed by atoms with Crippen molar-refractivity contribution in [3.05, 3.63) is 57.5 Å². The number of aromatic nitrogens is 2. The van der Waals surface area contributed by atoms with E-state index < -0.39 is 5.91 Å². The highest BCUT2D eigenvalue weighted by Crippen LogP contribution is 2.20. The van der Waals surface area contributed by atoms with Crippen LogP contribution in [0.4, 0.5) is 0 Å². The number of fused-ring (bicyclic) bond motifs is 1. The summed E-state index contributed by atoms with van der Waals surface area (Å²) in [6, 6.07) is 9.11. The maximum atomic E-state index is 12.5. The molecule has 0 radical (unpaired) electrons. The number of rotatable bonds is 6. The van der Waals surface area contributed by atoms with Gasteiger partial charge in [0.25, 0.3) is 11.5 Å². The van der Waals surface area contributed by atoms with Crippen LogP contribution in [0.5, 0.6) is 5.75 Å². The lowest BCUT2D eigenvalue weighted by atomic mass is 10.2. The largest absolute Gasteiger partial charge is 0.497 e. The number of carbonyl (C=O) groups excluding carboxylic acids is 1. The van der Waals surface area contributed by atoms with E-state index in [1.807, 2.05) is 31.2 Å². The van der Waals surface area contributed by atoms with Gasteiger partial charge in [-0.05, 0) is 30.2 Å². The molecule has 134 valence electrons. The first-order valence-corrected chi connectivity index (χ1v) is 8.86. The Balaban J connectivity index is 1.68. The van der Waals surface area contributed by atoms with Gasteiger partial charge in [0.1, 0.15) is 17.1 Å². The summed E-state index contributed by atoms with van der Waals surface area (Å²) in [5, 5.41) is 4.45. The normalized spacial score (nSPS) is 11.2. The first-order valence-electron chi connectivity index (χ1n) is 8.04. The molecule has 3 aromatic rings. The van der Waals surface area contributed by atoms with Crippen LogP contribution in [0.3, 0.4) is 0 Å². The van der Waals surface area contributed by atoms with E-state index in [4.69, 9.17) is 4.74 Å². The van der Waals surface area contributed by atoms with E-state index >= 15 is 0 Å². The van der Waals surface area contributed by atoms with Crippen LogP contribution in [0.15, 0.2) is 46.6 Å². The molecule has 1 N–H and O–H groups in total. The summed E-state index contributed by atoms with van der Waals surface area (Å²) in [7, 11) is 1.58. The van der Waals surface area contributed by atoms with Crippen LogP contribution >= 0.6 is 11.3 Å². The summed E-state index contributed by atoms with van der Waals surface area (Å²) in [4.78, 5) is 30.5. The fourth-order valence-corrected chi connectivity index (χ4v) is 3.31. The van der Waals surface area contributed by atoms with Crippen molar-refractivity contribution in [2.75, 3.05) is 7.11 Å². The average Bonchev–Trinajstić information content (AvgIpc) is 3.08. The van der Waals surface area contributed by atoms with Crippen molar-refractivity contribution in [2.24, 2.45) is 5.10 Å². The van der Waals surface area contributed by atoms with E-state index in [2.05, 4.69) is 15.5 Å². The van der Waals surface area contributed by atoms with E-state index in [1.54, 1.807) is 13.2 Å². The topological polar surface area (TPSA) is 85.6 Å². The van der Waals surface area contributed by atoms with Crippen molar-refractivity contribution in [1.82, 2.24) is 15.0 Å². The van der Waals surface area contributed by atoms with Crippen molar-refractivity contribution in [3.63, 3.8) is 0 Å². The Hall–Kier alpha value is -3.00. The quantitative estimate of drug-likeness (QED) is 0.532.